The maximum Gasteiger partial charge on any atom is 0.0383 e. The van der Waals surface area contributed by atoms with Gasteiger partial charge in [-0.25, -0.2) is 0 Å². The lowest BCUT2D eigenvalue weighted by Gasteiger charge is -2.58. The summed E-state index contributed by atoms with van der Waals surface area (Å²) in [5.41, 5.74) is 6.90. The fraction of sp³-hybridized carbons (Fsp3) is 1.00. The van der Waals surface area contributed by atoms with E-state index < -0.39 is 0 Å². The zero-order valence-corrected chi connectivity index (χ0v) is 14.7. The van der Waals surface area contributed by atoms with Crippen LogP contribution in [-0.4, -0.2) is 80.1 Å². The standard InChI is InChI=1S/C17H36N4/c1-16(2)7-5-6-8-17(16,15-18)21-13-11-20(12-14-21)10-9-19(3)4/h5-15,18H2,1-4H3. The van der Waals surface area contributed by atoms with Crippen LogP contribution in [0.5, 0.6) is 0 Å². The van der Waals surface area contributed by atoms with E-state index in [0.717, 1.165) is 13.1 Å². The van der Waals surface area contributed by atoms with Gasteiger partial charge in [0, 0.05) is 51.4 Å². The smallest absolute Gasteiger partial charge is 0.0383 e. The highest BCUT2D eigenvalue weighted by molar-refractivity contribution is 5.06. The molecule has 0 aromatic carbocycles. The van der Waals surface area contributed by atoms with Gasteiger partial charge >= 0.3 is 0 Å². The van der Waals surface area contributed by atoms with Gasteiger partial charge in [-0.1, -0.05) is 26.7 Å². The van der Waals surface area contributed by atoms with Gasteiger partial charge in [-0.15, -0.1) is 0 Å². The van der Waals surface area contributed by atoms with Crippen molar-refractivity contribution in [3.8, 4) is 0 Å². The van der Waals surface area contributed by atoms with E-state index in [4.69, 9.17) is 5.73 Å². The summed E-state index contributed by atoms with van der Waals surface area (Å²) in [7, 11) is 4.31. The monoisotopic (exact) mass is 296 g/mol. The van der Waals surface area contributed by atoms with E-state index in [1.165, 1.54) is 58.4 Å². The maximum absolute atomic E-state index is 6.32. The van der Waals surface area contributed by atoms with E-state index in [-0.39, 0.29) is 5.54 Å². The topological polar surface area (TPSA) is 35.7 Å². The molecular weight excluding hydrogens is 260 g/mol. The SMILES string of the molecule is CN(C)CCN1CCN(C2(CN)CCCCC2(C)C)CC1. The lowest BCUT2D eigenvalue weighted by Crippen LogP contribution is -2.67. The Morgan fingerprint density at radius 1 is 1.00 bits per heavy atom. The van der Waals surface area contributed by atoms with Crippen molar-refractivity contribution < 1.29 is 0 Å². The second kappa shape index (κ2) is 6.95. The highest BCUT2D eigenvalue weighted by Gasteiger charge is 2.49. The Morgan fingerprint density at radius 2 is 1.62 bits per heavy atom. The van der Waals surface area contributed by atoms with Gasteiger partial charge in [-0.05, 0) is 32.4 Å². The Balaban J connectivity index is 1.96. The summed E-state index contributed by atoms with van der Waals surface area (Å²) in [5, 5.41) is 0. The molecular formula is C17H36N4. The van der Waals surface area contributed by atoms with Crippen molar-refractivity contribution in [3.05, 3.63) is 0 Å². The Hall–Kier alpha value is -0.160. The van der Waals surface area contributed by atoms with Crippen LogP contribution in [0.4, 0.5) is 0 Å². The molecule has 0 bridgehead atoms. The van der Waals surface area contributed by atoms with E-state index in [1.807, 2.05) is 0 Å². The third kappa shape index (κ3) is 3.61. The van der Waals surface area contributed by atoms with Crippen molar-refractivity contribution >= 4 is 0 Å². The minimum atomic E-state index is 0.235. The molecule has 2 N–H and O–H groups in total. The summed E-state index contributed by atoms with van der Waals surface area (Å²) in [4.78, 5) is 7.62. The molecule has 1 aliphatic heterocycles. The third-order valence-corrected chi connectivity index (χ3v) is 6.08. The second-order valence-corrected chi connectivity index (χ2v) is 7.96. The van der Waals surface area contributed by atoms with Crippen LogP contribution < -0.4 is 5.73 Å². The van der Waals surface area contributed by atoms with Crippen LogP contribution in [0, 0.1) is 5.41 Å². The van der Waals surface area contributed by atoms with Crippen LogP contribution >= 0.6 is 0 Å². The van der Waals surface area contributed by atoms with Gasteiger partial charge in [-0.3, -0.25) is 9.80 Å². The van der Waals surface area contributed by atoms with Crippen LogP contribution in [0.25, 0.3) is 0 Å². The Kier molecular flexibility index (Phi) is 5.69. The average Bonchev–Trinajstić information content (AvgIpc) is 2.46. The Morgan fingerprint density at radius 3 is 2.14 bits per heavy atom. The van der Waals surface area contributed by atoms with E-state index in [0.29, 0.717) is 5.41 Å². The quantitative estimate of drug-likeness (QED) is 0.833. The highest BCUT2D eigenvalue weighted by atomic mass is 15.3. The molecule has 1 atom stereocenters. The molecule has 1 saturated carbocycles. The molecule has 0 spiro atoms. The Labute approximate surface area is 131 Å². The normalized spacial score (nSPS) is 31.7. The first-order valence-corrected chi connectivity index (χ1v) is 8.73. The summed E-state index contributed by atoms with van der Waals surface area (Å²) >= 11 is 0. The van der Waals surface area contributed by atoms with Crippen LogP contribution in [-0.2, 0) is 0 Å². The largest absolute Gasteiger partial charge is 0.329 e. The predicted octanol–water partition coefficient (Wildman–Crippen LogP) is 1.46. The predicted molar refractivity (Wildman–Crippen MR) is 90.6 cm³/mol. The number of hydrogen-bond donors (Lipinski definition) is 1. The van der Waals surface area contributed by atoms with Crippen molar-refractivity contribution in [2.24, 2.45) is 11.1 Å². The number of nitrogens with two attached hydrogens (primary N) is 1. The fourth-order valence-corrected chi connectivity index (χ4v) is 4.39. The van der Waals surface area contributed by atoms with Crippen molar-refractivity contribution in [1.29, 1.82) is 0 Å². The molecule has 2 fully saturated rings. The van der Waals surface area contributed by atoms with Gasteiger partial charge in [0.1, 0.15) is 0 Å². The molecule has 1 aliphatic carbocycles. The number of piperazine rings is 1. The summed E-state index contributed by atoms with van der Waals surface area (Å²) in [6.45, 7) is 12.8. The molecule has 0 amide bonds. The first-order valence-electron chi connectivity index (χ1n) is 8.73. The van der Waals surface area contributed by atoms with Crippen molar-refractivity contribution in [2.45, 2.75) is 45.1 Å². The average molecular weight is 297 g/mol. The summed E-state index contributed by atoms with van der Waals surface area (Å²) < 4.78 is 0. The van der Waals surface area contributed by atoms with Gasteiger partial charge in [0.2, 0.25) is 0 Å². The molecule has 124 valence electrons. The van der Waals surface area contributed by atoms with E-state index in [2.05, 4.69) is 42.6 Å². The number of hydrogen-bond acceptors (Lipinski definition) is 4. The van der Waals surface area contributed by atoms with E-state index in [9.17, 15) is 0 Å². The zero-order chi connectivity index (χ0) is 15.5. The Bertz CT molecular complexity index is 321. The minimum absolute atomic E-state index is 0.235. The second-order valence-electron chi connectivity index (χ2n) is 7.96. The number of rotatable bonds is 5. The number of nitrogens with zero attached hydrogens (tertiary/aromatic N) is 3. The van der Waals surface area contributed by atoms with Crippen LogP contribution in [0.2, 0.25) is 0 Å². The fourth-order valence-electron chi connectivity index (χ4n) is 4.39. The highest BCUT2D eigenvalue weighted by Crippen LogP contribution is 2.47. The summed E-state index contributed by atoms with van der Waals surface area (Å²) in [6.07, 6.45) is 5.33. The first kappa shape index (κ1) is 17.2. The molecule has 4 nitrogen and oxygen atoms in total. The van der Waals surface area contributed by atoms with E-state index >= 15 is 0 Å². The van der Waals surface area contributed by atoms with Crippen LogP contribution in [0.15, 0.2) is 0 Å². The van der Waals surface area contributed by atoms with Gasteiger partial charge in [-0.2, -0.15) is 0 Å². The molecule has 1 saturated heterocycles. The molecule has 1 unspecified atom stereocenters. The summed E-state index contributed by atoms with van der Waals surface area (Å²) in [6, 6.07) is 0. The third-order valence-electron chi connectivity index (χ3n) is 6.08. The van der Waals surface area contributed by atoms with Gasteiger partial charge in [0.05, 0.1) is 0 Å². The van der Waals surface area contributed by atoms with Gasteiger partial charge in [0.15, 0.2) is 0 Å². The number of likely N-dealkylation sites (N-methyl/N-ethyl adjacent to an activating group) is 1. The molecule has 2 rings (SSSR count). The first-order chi connectivity index (χ1) is 9.91. The molecule has 2 aliphatic rings. The summed E-state index contributed by atoms with van der Waals surface area (Å²) in [5.74, 6) is 0. The molecule has 1 heterocycles. The van der Waals surface area contributed by atoms with Crippen molar-refractivity contribution in [1.82, 2.24) is 14.7 Å². The van der Waals surface area contributed by atoms with Crippen LogP contribution in [0.1, 0.15) is 39.5 Å². The van der Waals surface area contributed by atoms with Crippen LogP contribution in [0.3, 0.4) is 0 Å². The van der Waals surface area contributed by atoms with Gasteiger partial charge < -0.3 is 10.6 Å². The molecule has 0 aromatic rings. The molecule has 4 heteroatoms. The molecule has 0 radical (unpaired) electrons. The van der Waals surface area contributed by atoms with Crippen molar-refractivity contribution in [2.75, 3.05) is 59.9 Å². The minimum Gasteiger partial charge on any atom is -0.329 e. The molecule has 0 aromatic heterocycles. The zero-order valence-electron chi connectivity index (χ0n) is 14.7. The molecule has 21 heavy (non-hydrogen) atoms. The van der Waals surface area contributed by atoms with E-state index in [1.54, 1.807) is 0 Å². The van der Waals surface area contributed by atoms with Crippen molar-refractivity contribution in [3.63, 3.8) is 0 Å². The maximum atomic E-state index is 6.32. The van der Waals surface area contributed by atoms with Gasteiger partial charge in [0.25, 0.3) is 0 Å². The lowest BCUT2D eigenvalue weighted by atomic mass is 9.62. The lowest BCUT2D eigenvalue weighted by molar-refractivity contribution is -0.0650.